The summed E-state index contributed by atoms with van der Waals surface area (Å²) in [5.74, 6) is -0.854. The van der Waals surface area contributed by atoms with E-state index in [1.165, 1.54) is 24.8 Å². The molecule has 1 saturated carbocycles. The highest BCUT2D eigenvalue weighted by molar-refractivity contribution is 5.87. The zero-order valence-electron chi connectivity index (χ0n) is 10.8. The van der Waals surface area contributed by atoms with Crippen LogP contribution in [0.25, 0.3) is 0 Å². The van der Waals surface area contributed by atoms with Gasteiger partial charge in [-0.2, -0.15) is 0 Å². The van der Waals surface area contributed by atoms with E-state index in [9.17, 15) is 4.79 Å². The average molecular weight is 232 g/mol. The first-order chi connectivity index (χ1) is 7.87. The van der Waals surface area contributed by atoms with Gasteiger partial charge >= 0.3 is 5.97 Å². The van der Waals surface area contributed by atoms with Crippen molar-refractivity contribution in [2.24, 2.45) is 5.41 Å². The lowest BCUT2D eigenvalue weighted by Gasteiger charge is -2.39. The standard InChI is InChI=1S/C15H20O2/c1-14(2)9-4-10-15(14,3)12-7-5-11(6-8-12)13(16)17/h5-8H,4,9-10H2,1-3H3,(H,16,17)/t15-/m0/s1. The Bertz CT molecular complexity index is 431. The number of aromatic carboxylic acids is 1. The summed E-state index contributed by atoms with van der Waals surface area (Å²) >= 11 is 0. The summed E-state index contributed by atoms with van der Waals surface area (Å²) in [7, 11) is 0. The van der Waals surface area contributed by atoms with E-state index in [1.807, 2.05) is 12.1 Å². The SMILES string of the molecule is CC1(C)CCC[C@@]1(C)c1ccc(C(=O)O)cc1. The molecule has 17 heavy (non-hydrogen) atoms. The Morgan fingerprint density at radius 2 is 1.71 bits per heavy atom. The highest BCUT2D eigenvalue weighted by atomic mass is 16.4. The van der Waals surface area contributed by atoms with Crippen LogP contribution in [-0.4, -0.2) is 11.1 Å². The molecule has 1 aliphatic carbocycles. The maximum atomic E-state index is 10.8. The van der Waals surface area contributed by atoms with Gasteiger partial charge in [0.05, 0.1) is 5.56 Å². The third kappa shape index (κ3) is 1.86. The fraction of sp³-hybridized carbons (Fsp3) is 0.533. The molecule has 0 saturated heterocycles. The first kappa shape index (κ1) is 12.2. The molecule has 1 aromatic carbocycles. The van der Waals surface area contributed by atoms with Crippen LogP contribution in [0.2, 0.25) is 0 Å². The molecule has 0 heterocycles. The van der Waals surface area contributed by atoms with Crippen LogP contribution >= 0.6 is 0 Å². The van der Waals surface area contributed by atoms with Crippen LogP contribution < -0.4 is 0 Å². The molecular formula is C15H20O2. The monoisotopic (exact) mass is 232 g/mol. The lowest BCUT2D eigenvalue weighted by molar-refractivity contribution is 0.0697. The van der Waals surface area contributed by atoms with E-state index in [1.54, 1.807) is 12.1 Å². The summed E-state index contributed by atoms with van der Waals surface area (Å²) in [6.45, 7) is 6.92. The Labute approximate surface area is 103 Å². The molecule has 0 aromatic heterocycles. The van der Waals surface area contributed by atoms with Crippen molar-refractivity contribution in [2.45, 2.75) is 45.4 Å². The molecule has 2 nitrogen and oxygen atoms in total. The van der Waals surface area contributed by atoms with E-state index in [0.717, 1.165) is 0 Å². The van der Waals surface area contributed by atoms with E-state index < -0.39 is 5.97 Å². The Morgan fingerprint density at radius 3 is 2.12 bits per heavy atom. The van der Waals surface area contributed by atoms with E-state index in [-0.39, 0.29) is 10.8 Å². The summed E-state index contributed by atoms with van der Waals surface area (Å²) in [6, 6.07) is 7.40. The second kappa shape index (κ2) is 3.86. The molecule has 92 valence electrons. The summed E-state index contributed by atoms with van der Waals surface area (Å²) in [5.41, 5.74) is 2.10. The minimum absolute atomic E-state index is 0.171. The van der Waals surface area contributed by atoms with Crippen molar-refractivity contribution in [3.63, 3.8) is 0 Å². The molecule has 1 fully saturated rings. The van der Waals surface area contributed by atoms with Gasteiger partial charge in [0.2, 0.25) is 0 Å². The lowest BCUT2D eigenvalue weighted by atomic mass is 9.65. The molecule has 1 aliphatic rings. The van der Waals surface area contributed by atoms with Crippen molar-refractivity contribution in [2.75, 3.05) is 0 Å². The number of rotatable bonds is 2. The van der Waals surface area contributed by atoms with Crippen LogP contribution in [0.1, 0.15) is 56.0 Å². The first-order valence-electron chi connectivity index (χ1n) is 6.21. The van der Waals surface area contributed by atoms with Gasteiger partial charge in [0.15, 0.2) is 0 Å². The van der Waals surface area contributed by atoms with Crippen molar-refractivity contribution < 1.29 is 9.90 Å². The predicted octanol–water partition coefficient (Wildman–Crippen LogP) is 3.85. The Balaban J connectivity index is 2.37. The smallest absolute Gasteiger partial charge is 0.335 e. The summed E-state index contributed by atoms with van der Waals surface area (Å²) < 4.78 is 0. The van der Waals surface area contributed by atoms with Gasteiger partial charge in [0.1, 0.15) is 0 Å². The molecule has 0 spiro atoms. The van der Waals surface area contributed by atoms with E-state index in [2.05, 4.69) is 20.8 Å². The Morgan fingerprint density at radius 1 is 1.12 bits per heavy atom. The van der Waals surface area contributed by atoms with Crippen LogP contribution in [0.3, 0.4) is 0 Å². The van der Waals surface area contributed by atoms with Crippen molar-refractivity contribution in [1.29, 1.82) is 0 Å². The molecule has 0 aliphatic heterocycles. The van der Waals surface area contributed by atoms with Gasteiger partial charge in [0.25, 0.3) is 0 Å². The Kier molecular flexibility index (Phi) is 2.76. The molecular weight excluding hydrogens is 212 g/mol. The van der Waals surface area contributed by atoms with Gasteiger partial charge in [-0.1, -0.05) is 39.3 Å². The van der Waals surface area contributed by atoms with Crippen LogP contribution in [-0.2, 0) is 5.41 Å². The van der Waals surface area contributed by atoms with E-state index in [4.69, 9.17) is 5.11 Å². The van der Waals surface area contributed by atoms with Crippen molar-refractivity contribution in [3.8, 4) is 0 Å². The average Bonchev–Trinajstić information content (AvgIpc) is 2.55. The lowest BCUT2D eigenvalue weighted by Crippen LogP contribution is -2.33. The molecule has 0 amide bonds. The van der Waals surface area contributed by atoms with Gasteiger partial charge in [-0.05, 0) is 41.4 Å². The van der Waals surface area contributed by atoms with Crippen molar-refractivity contribution in [3.05, 3.63) is 35.4 Å². The number of hydrogen-bond acceptors (Lipinski definition) is 1. The fourth-order valence-corrected chi connectivity index (χ4v) is 3.01. The highest BCUT2D eigenvalue weighted by Crippen LogP contribution is 2.53. The van der Waals surface area contributed by atoms with Gasteiger partial charge < -0.3 is 5.11 Å². The Hall–Kier alpha value is -1.31. The molecule has 1 atom stereocenters. The van der Waals surface area contributed by atoms with Gasteiger partial charge in [-0.25, -0.2) is 4.79 Å². The maximum Gasteiger partial charge on any atom is 0.335 e. The van der Waals surface area contributed by atoms with Crippen LogP contribution in [0, 0.1) is 5.41 Å². The normalized spacial score (nSPS) is 27.0. The first-order valence-corrected chi connectivity index (χ1v) is 6.21. The summed E-state index contributed by atoms with van der Waals surface area (Å²) in [4.78, 5) is 10.8. The fourth-order valence-electron chi connectivity index (χ4n) is 3.01. The van der Waals surface area contributed by atoms with Crippen LogP contribution in [0.15, 0.2) is 24.3 Å². The quantitative estimate of drug-likeness (QED) is 0.840. The molecule has 0 unspecified atom stereocenters. The maximum absolute atomic E-state index is 10.8. The number of hydrogen-bond donors (Lipinski definition) is 1. The molecule has 2 heteroatoms. The topological polar surface area (TPSA) is 37.3 Å². The second-order valence-corrected chi connectivity index (χ2v) is 5.95. The van der Waals surface area contributed by atoms with Gasteiger partial charge in [0, 0.05) is 0 Å². The van der Waals surface area contributed by atoms with Crippen LogP contribution in [0.4, 0.5) is 0 Å². The molecule has 2 rings (SSSR count). The minimum atomic E-state index is -0.854. The molecule has 1 N–H and O–H groups in total. The number of carboxylic acids is 1. The van der Waals surface area contributed by atoms with Crippen molar-refractivity contribution >= 4 is 5.97 Å². The van der Waals surface area contributed by atoms with Gasteiger partial charge in [-0.3, -0.25) is 0 Å². The predicted molar refractivity (Wildman–Crippen MR) is 68.4 cm³/mol. The summed E-state index contributed by atoms with van der Waals surface area (Å²) in [6.07, 6.45) is 3.68. The summed E-state index contributed by atoms with van der Waals surface area (Å²) in [5, 5.41) is 8.91. The van der Waals surface area contributed by atoms with Crippen molar-refractivity contribution in [1.82, 2.24) is 0 Å². The second-order valence-electron chi connectivity index (χ2n) is 5.95. The van der Waals surface area contributed by atoms with E-state index >= 15 is 0 Å². The van der Waals surface area contributed by atoms with E-state index in [0.29, 0.717) is 5.56 Å². The zero-order chi connectivity index (χ0) is 12.7. The number of carbonyl (C=O) groups is 1. The largest absolute Gasteiger partial charge is 0.478 e. The molecule has 0 radical (unpaired) electrons. The van der Waals surface area contributed by atoms with Gasteiger partial charge in [-0.15, -0.1) is 0 Å². The van der Waals surface area contributed by atoms with Crippen LogP contribution in [0.5, 0.6) is 0 Å². The molecule has 0 bridgehead atoms. The molecule has 1 aromatic rings. The highest BCUT2D eigenvalue weighted by Gasteiger charge is 2.45. The number of carboxylic acid groups (broad SMARTS) is 1. The third-order valence-electron chi connectivity index (χ3n) is 4.74. The third-order valence-corrected chi connectivity index (χ3v) is 4.74. The minimum Gasteiger partial charge on any atom is -0.478 e. The number of benzene rings is 1. The zero-order valence-corrected chi connectivity index (χ0v) is 10.8.